The fourth-order valence-electron chi connectivity index (χ4n) is 2.23. The first-order valence-electron chi connectivity index (χ1n) is 4.88. The SMILES string of the molecule is O=C1[C@H]2C=C[C@H](C2)N1c1ccc(Cl)nc1. The number of rotatable bonds is 1. The summed E-state index contributed by atoms with van der Waals surface area (Å²) in [6, 6.07) is 3.76. The quantitative estimate of drug-likeness (QED) is 0.536. The molecule has 0 radical (unpaired) electrons. The molecule has 0 unspecified atom stereocenters. The van der Waals surface area contributed by atoms with Crippen molar-refractivity contribution in [2.75, 3.05) is 4.90 Å². The second kappa shape index (κ2) is 3.07. The van der Waals surface area contributed by atoms with Crippen LogP contribution in [-0.2, 0) is 4.79 Å². The molecular formula is C11H9ClN2O. The Morgan fingerprint density at radius 3 is 2.87 bits per heavy atom. The molecule has 1 saturated heterocycles. The number of nitrogens with zero attached hydrogens (tertiary/aromatic N) is 2. The number of hydrogen-bond acceptors (Lipinski definition) is 2. The number of fused-ring (bicyclic) bond motifs is 2. The van der Waals surface area contributed by atoms with Crippen molar-refractivity contribution in [2.45, 2.75) is 12.5 Å². The van der Waals surface area contributed by atoms with Crippen LogP contribution in [0.15, 0.2) is 30.5 Å². The van der Waals surface area contributed by atoms with Gasteiger partial charge in [0.1, 0.15) is 5.15 Å². The number of amides is 1. The van der Waals surface area contributed by atoms with E-state index in [1.807, 2.05) is 12.1 Å². The van der Waals surface area contributed by atoms with Gasteiger partial charge in [-0.1, -0.05) is 23.8 Å². The molecule has 2 bridgehead atoms. The normalized spacial score (nSPS) is 27.8. The van der Waals surface area contributed by atoms with E-state index in [1.165, 1.54) is 0 Å². The van der Waals surface area contributed by atoms with E-state index in [2.05, 4.69) is 11.1 Å². The summed E-state index contributed by atoms with van der Waals surface area (Å²) in [6.45, 7) is 0. The van der Waals surface area contributed by atoms with Gasteiger partial charge in [0, 0.05) is 0 Å². The Hall–Kier alpha value is -1.35. The van der Waals surface area contributed by atoms with Crippen molar-refractivity contribution in [2.24, 2.45) is 5.92 Å². The number of carbonyl (C=O) groups is 1. The van der Waals surface area contributed by atoms with Crippen molar-refractivity contribution in [3.8, 4) is 0 Å². The van der Waals surface area contributed by atoms with Gasteiger partial charge in [-0.25, -0.2) is 4.98 Å². The summed E-state index contributed by atoms with van der Waals surface area (Å²) in [5.41, 5.74) is 0.834. The van der Waals surface area contributed by atoms with Crippen LogP contribution in [0.25, 0.3) is 0 Å². The lowest BCUT2D eigenvalue weighted by atomic mass is 10.1. The highest BCUT2D eigenvalue weighted by Crippen LogP contribution is 2.36. The highest BCUT2D eigenvalue weighted by atomic mass is 35.5. The Morgan fingerprint density at radius 1 is 1.40 bits per heavy atom. The number of pyridine rings is 1. The number of anilines is 1. The number of aromatic nitrogens is 1. The van der Waals surface area contributed by atoms with Gasteiger partial charge in [0.15, 0.2) is 0 Å². The van der Waals surface area contributed by atoms with Crippen molar-refractivity contribution in [1.29, 1.82) is 0 Å². The first-order valence-corrected chi connectivity index (χ1v) is 5.26. The van der Waals surface area contributed by atoms with Crippen LogP contribution < -0.4 is 4.90 Å². The Labute approximate surface area is 92.4 Å². The first kappa shape index (κ1) is 8.92. The van der Waals surface area contributed by atoms with E-state index >= 15 is 0 Å². The highest BCUT2D eigenvalue weighted by Gasteiger charge is 2.41. The molecule has 76 valence electrons. The maximum Gasteiger partial charge on any atom is 0.234 e. The van der Waals surface area contributed by atoms with E-state index in [1.54, 1.807) is 17.2 Å². The molecule has 1 aromatic rings. The lowest BCUT2D eigenvalue weighted by Gasteiger charge is -2.23. The molecule has 0 N–H and O–H groups in total. The fourth-order valence-corrected chi connectivity index (χ4v) is 2.34. The van der Waals surface area contributed by atoms with Gasteiger partial charge >= 0.3 is 0 Å². The molecule has 4 heteroatoms. The average Bonchev–Trinajstić information content (AvgIpc) is 2.80. The van der Waals surface area contributed by atoms with Gasteiger partial charge in [0.25, 0.3) is 0 Å². The van der Waals surface area contributed by atoms with Gasteiger partial charge in [-0.05, 0) is 18.6 Å². The lowest BCUT2D eigenvalue weighted by Crippen LogP contribution is -2.34. The number of halogens is 1. The molecule has 1 fully saturated rings. The van der Waals surface area contributed by atoms with E-state index in [-0.39, 0.29) is 17.9 Å². The molecular weight excluding hydrogens is 212 g/mol. The third-order valence-corrected chi connectivity index (χ3v) is 3.16. The van der Waals surface area contributed by atoms with Crippen LogP contribution in [-0.4, -0.2) is 16.9 Å². The molecule has 1 aromatic heterocycles. The van der Waals surface area contributed by atoms with Gasteiger partial charge in [-0.3, -0.25) is 4.79 Å². The molecule has 3 nitrogen and oxygen atoms in total. The Kier molecular flexibility index (Phi) is 1.83. The van der Waals surface area contributed by atoms with Crippen LogP contribution in [0.5, 0.6) is 0 Å². The molecule has 1 aliphatic carbocycles. The van der Waals surface area contributed by atoms with Crippen LogP contribution in [0.2, 0.25) is 5.15 Å². The summed E-state index contributed by atoms with van der Waals surface area (Å²) in [4.78, 5) is 17.7. The minimum Gasteiger partial charge on any atom is -0.303 e. The molecule has 15 heavy (non-hydrogen) atoms. The van der Waals surface area contributed by atoms with E-state index in [4.69, 9.17) is 11.6 Å². The summed E-state index contributed by atoms with van der Waals surface area (Å²) < 4.78 is 0. The molecule has 2 aliphatic rings. The second-order valence-corrected chi connectivity index (χ2v) is 4.23. The summed E-state index contributed by atoms with van der Waals surface area (Å²) >= 11 is 5.71. The van der Waals surface area contributed by atoms with Gasteiger partial charge in [0.2, 0.25) is 5.91 Å². The van der Waals surface area contributed by atoms with Crippen LogP contribution in [0.3, 0.4) is 0 Å². The van der Waals surface area contributed by atoms with E-state index in [9.17, 15) is 4.79 Å². The minimum absolute atomic E-state index is 0.0747. The van der Waals surface area contributed by atoms with Crippen molar-refractivity contribution < 1.29 is 4.79 Å². The zero-order valence-corrected chi connectivity index (χ0v) is 8.69. The zero-order chi connectivity index (χ0) is 10.4. The van der Waals surface area contributed by atoms with E-state index in [0.29, 0.717) is 5.15 Å². The Morgan fingerprint density at radius 2 is 2.27 bits per heavy atom. The summed E-state index contributed by atoms with van der Waals surface area (Å²) in [5, 5.41) is 0.450. The molecule has 2 heterocycles. The lowest BCUT2D eigenvalue weighted by molar-refractivity contribution is -0.119. The minimum atomic E-state index is 0.0747. The van der Waals surface area contributed by atoms with Crippen molar-refractivity contribution in [1.82, 2.24) is 4.98 Å². The summed E-state index contributed by atoms with van der Waals surface area (Å²) in [6.07, 6.45) is 6.63. The van der Waals surface area contributed by atoms with Crippen molar-refractivity contribution in [3.05, 3.63) is 35.6 Å². The maximum atomic E-state index is 11.9. The summed E-state index contributed by atoms with van der Waals surface area (Å²) in [5.74, 6) is 0.248. The third kappa shape index (κ3) is 1.27. The fraction of sp³-hybridized carbons (Fsp3) is 0.273. The second-order valence-electron chi connectivity index (χ2n) is 3.84. The topological polar surface area (TPSA) is 33.2 Å². The number of hydrogen-bond donors (Lipinski definition) is 0. The third-order valence-electron chi connectivity index (χ3n) is 2.94. The molecule has 2 atom stereocenters. The van der Waals surface area contributed by atoms with Gasteiger partial charge in [-0.2, -0.15) is 0 Å². The van der Waals surface area contributed by atoms with Crippen LogP contribution in [0.4, 0.5) is 5.69 Å². The molecule has 0 aromatic carbocycles. The smallest absolute Gasteiger partial charge is 0.234 e. The first-order chi connectivity index (χ1) is 7.25. The Balaban J connectivity index is 1.98. The van der Waals surface area contributed by atoms with E-state index in [0.717, 1.165) is 12.1 Å². The molecule has 1 amide bonds. The van der Waals surface area contributed by atoms with E-state index < -0.39 is 0 Å². The molecule has 3 rings (SSSR count). The standard InChI is InChI=1S/C11H9ClN2O/c12-10-4-3-9(6-13-10)14-8-2-1-7(5-8)11(14)15/h1-4,6-8H,5H2/t7-,8+/m0/s1. The van der Waals surface area contributed by atoms with Crippen LogP contribution in [0.1, 0.15) is 6.42 Å². The van der Waals surface area contributed by atoms with Crippen molar-refractivity contribution in [3.63, 3.8) is 0 Å². The van der Waals surface area contributed by atoms with Crippen LogP contribution >= 0.6 is 11.6 Å². The predicted molar refractivity (Wildman–Crippen MR) is 57.8 cm³/mol. The Bertz CT molecular complexity index is 440. The van der Waals surface area contributed by atoms with Gasteiger partial charge in [-0.15, -0.1) is 0 Å². The number of carbonyl (C=O) groups excluding carboxylic acids is 1. The zero-order valence-electron chi connectivity index (χ0n) is 7.93. The molecule has 1 aliphatic heterocycles. The highest BCUT2D eigenvalue weighted by molar-refractivity contribution is 6.29. The van der Waals surface area contributed by atoms with Gasteiger partial charge in [0.05, 0.1) is 23.8 Å². The summed E-state index contributed by atoms with van der Waals surface area (Å²) in [7, 11) is 0. The monoisotopic (exact) mass is 220 g/mol. The largest absolute Gasteiger partial charge is 0.303 e. The predicted octanol–water partition coefficient (Wildman–Crippen LogP) is 2.03. The van der Waals surface area contributed by atoms with Crippen LogP contribution in [0, 0.1) is 5.92 Å². The maximum absolute atomic E-state index is 11.9. The van der Waals surface area contributed by atoms with Crippen molar-refractivity contribution >= 4 is 23.2 Å². The molecule has 0 saturated carbocycles. The molecule has 0 spiro atoms. The average molecular weight is 221 g/mol. The van der Waals surface area contributed by atoms with Gasteiger partial charge < -0.3 is 4.90 Å².